The first-order valence-electron chi connectivity index (χ1n) is 6.50. The van der Waals surface area contributed by atoms with Crippen LogP contribution in [-0.2, 0) is 6.54 Å². The van der Waals surface area contributed by atoms with Gasteiger partial charge in [-0.05, 0) is 20.4 Å². The minimum Gasteiger partial charge on any atom is -0.396 e. The predicted octanol–water partition coefficient (Wildman–Crippen LogP) is 0.283. The summed E-state index contributed by atoms with van der Waals surface area (Å²) < 4.78 is 0. The minimum atomic E-state index is 0.260. The molecule has 1 atom stereocenters. The van der Waals surface area contributed by atoms with E-state index in [0.29, 0.717) is 6.04 Å². The van der Waals surface area contributed by atoms with Crippen LogP contribution in [0.3, 0.4) is 0 Å². The normalized spacial score (nSPS) is 22.3. The van der Waals surface area contributed by atoms with Gasteiger partial charge in [-0.25, -0.2) is 9.97 Å². The quantitative estimate of drug-likeness (QED) is 0.832. The van der Waals surface area contributed by atoms with Gasteiger partial charge >= 0.3 is 0 Å². The van der Waals surface area contributed by atoms with Gasteiger partial charge in [0.05, 0.1) is 0 Å². The highest BCUT2D eigenvalue weighted by Crippen LogP contribution is 2.13. The molecule has 100 valence electrons. The monoisotopic (exact) mass is 250 g/mol. The lowest BCUT2D eigenvalue weighted by atomic mass is 10.1. The Morgan fingerprint density at radius 2 is 2.06 bits per heavy atom. The van der Waals surface area contributed by atoms with E-state index in [9.17, 15) is 0 Å². The zero-order valence-electron chi connectivity index (χ0n) is 11.2. The largest absolute Gasteiger partial charge is 0.396 e. The summed E-state index contributed by atoms with van der Waals surface area (Å²) in [6.45, 7) is 6.18. The Kier molecular flexibility index (Phi) is 4.63. The summed E-state index contributed by atoms with van der Waals surface area (Å²) in [5.41, 5.74) is 1.16. The molecule has 0 amide bonds. The molecule has 1 fully saturated rings. The zero-order chi connectivity index (χ0) is 13.0. The number of aryl methyl sites for hydroxylation is 1. The molecule has 0 radical (unpaired) electrons. The smallest absolute Gasteiger partial charge is 0.125 e. The van der Waals surface area contributed by atoms with Crippen molar-refractivity contribution in [2.75, 3.05) is 33.3 Å². The van der Waals surface area contributed by atoms with Gasteiger partial charge in [0.15, 0.2) is 0 Å². The van der Waals surface area contributed by atoms with Crippen LogP contribution in [0.1, 0.15) is 17.8 Å². The van der Waals surface area contributed by atoms with Gasteiger partial charge in [0.25, 0.3) is 0 Å². The molecule has 1 aliphatic rings. The SMILES string of the molecule is Cc1ncc(CN2CCN(C)[C@@H](CCO)C2)cn1. The maximum Gasteiger partial charge on any atom is 0.125 e. The fourth-order valence-corrected chi connectivity index (χ4v) is 2.37. The molecule has 1 aromatic heterocycles. The second-order valence-electron chi connectivity index (χ2n) is 5.02. The van der Waals surface area contributed by atoms with E-state index in [4.69, 9.17) is 5.11 Å². The Bertz CT molecular complexity index is 368. The third-order valence-electron chi connectivity index (χ3n) is 3.56. The second-order valence-corrected chi connectivity index (χ2v) is 5.02. The average molecular weight is 250 g/mol. The van der Waals surface area contributed by atoms with E-state index in [2.05, 4.69) is 26.8 Å². The van der Waals surface area contributed by atoms with Crippen molar-refractivity contribution in [3.05, 3.63) is 23.8 Å². The third kappa shape index (κ3) is 3.48. The van der Waals surface area contributed by atoms with Crippen molar-refractivity contribution in [2.24, 2.45) is 0 Å². The average Bonchev–Trinajstić information content (AvgIpc) is 2.37. The molecule has 0 aromatic carbocycles. The molecule has 1 saturated heterocycles. The number of aliphatic hydroxyl groups is 1. The van der Waals surface area contributed by atoms with E-state index in [1.54, 1.807) is 0 Å². The van der Waals surface area contributed by atoms with Crippen LogP contribution in [0, 0.1) is 6.92 Å². The Labute approximate surface area is 108 Å². The van der Waals surface area contributed by atoms with Crippen LogP contribution >= 0.6 is 0 Å². The second kappa shape index (κ2) is 6.22. The molecule has 1 N–H and O–H groups in total. The molecule has 2 rings (SSSR count). The summed E-state index contributed by atoms with van der Waals surface area (Å²) in [5, 5.41) is 9.08. The van der Waals surface area contributed by atoms with Gasteiger partial charge in [-0.3, -0.25) is 4.90 Å². The van der Waals surface area contributed by atoms with E-state index >= 15 is 0 Å². The highest BCUT2D eigenvalue weighted by Gasteiger charge is 2.23. The Hall–Kier alpha value is -1.04. The summed E-state index contributed by atoms with van der Waals surface area (Å²) in [6, 6.07) is 0.454. The topological polar surface area (TPSA) is 52.5 Å². The van der Waals surface area contributed by atoms with Crippen molar-refractivity contribution in [3.63, 3.8) is 0 Å². The molecule has 1 aliphatic heterocycles. The van der Waals surface area contributed by atoms with Crippen molar-refractivity contribution in [1.82, 2.24) is 19.8 Å². The lowest BCUT2D eigenvalue weighted by molar-refractivity contribution is 0.0742. The fourth-order valence-electron chi connectivity index (χ4n) is 2.37. The number of hydrogen-bond donors (Lipinski definition) is 1. The molecule has 0 spiro atoms. The summed E-state index contributed by atoms with van der Waals surface area (Å²) in [6.07, 6.45) is 4.65. The van der Waals surface area contributed by atoms with Gasteiger partial charge in [-0.1, -0.05) is 0 Å². The molecule has 0 saturated carbocycles. The van der Waals surface area contributed by atoms with Gasteiger partial charge in [0.2, 0.25) is 0 Å². The molecule has 0 bridgehead atoms. The highest BCUT2D eigenvalue weighted by molar-refractivity contribution is 5.05. The van der Waals surface area contributed by atoms with Crippen LogP contribution in [0.15, 0.2) is 12.4 Å². The molecule has 0 unspecified atom stereocenters. The van der Waals surface area contributed by atoms with Gasteiger partial charge < -0.3 is 10.0 Å². The standard InChI is InChI=1S/C13H22N4O/c1-11-14-7-12(8-15-11)9-17-5-4-16(2)13(10-17)3-6-18/h7-8,13,18H,3-6,9-10H2,1-2H3/t13-/m0/s1. The summed E-state index contributed by atoms with van der Waals surface area (Å²) in [4.78, 5) is 13.2. The first-order chi connectivity index (χ1) is 8.69. The number of aliphatic hydroxyl groups excluding tert-OH is 1. The van der Waals surface area contributed by atoms with Crippen molar-refractivity contribution >= 4 is 0 Å². The van der Waals surface area contributed by atoms with Crippen molar-refractivity contribution in [1.29, 1.82) is 0 Å². The number of aromatic nitrogens is 2. The van der Waals surface area contributed by atoms with Crippen LogP contribution in [0.5, 0.6) is 0 Å². The lowest BCUT2D eigenvalue weighted by Gasteiger charge is -2.39. The van der Waals surface area contributed by atoms with Crippen molar-refractivity contribution in [3.8, 4) is 0 Å². The van der Waals surface area contributed by atoms with E-state index in [1.165, 1.54) is 0 Å². The van der Waals surface area contributed by atoms with E-state index in [-0.39, 0.29) is 6.61 Å². The molecule has 0 aliphatic carbocycles. The number of piperazine rings is 1. The molecular formula is C13H22N4O. The van der Waals surface area contributed by atoms with Gasteiger partial charge in [0, 0.05) is 56.8 Å². The number of likely N-dealkylation sites (N-methyl/N-ethyl adjacent to an activating group) is 1. The Morgan fingerprint density at radius 3 is 2.72 bits per heavy atom. The minimum absolute atomic E-state index is 0.260. The summed E-state index contributed by atoms with van der Waals surface area (Å²) in [7, 11) is 2.13. The van der Waals surface area contributed by atoms with Crippen LogP contribution in [0.25, 0.3) is 0 Å². The Morgan fingerprint density at radius 1 is 1.33 bits per heavy atom. The summed E-state index contributed by atoms with van der Waals surface area (Å²) in [5.74, 6) is 0.815. The van der Waals surface area contributed by atoms with Crippen LogP contribution in [-0.4, -0.2) is 64.2 Å². The number of hydrogen-bond acceptors (Lipinski definition) is 5. The third-order valence-corrected chi connectivity index (χ3v) is 3.56. The first-order valence-corrected chi connectivity index (χ1v) is 6.50. The van der Waals surface area contributed by atoms with Crippen molar-refractivity contribution in [2.45, 2.75) is 25.9 Å². The van der Waals surface area contributed by atoms with Gasteiger partial charge in [-0.2, -0.15) is 0 Å². The molecule has 5 nitrogen and oxygen atoms in total. The predicted molar refractivity (Wildman–Crippen MR) is 70.2 cm³/mol. The highest BCUT2D eigenvalue weighted by atomic mass is 16.3. The van der Waals surface area contributed by atoms with Gasteiger partial charge in [-0.15, -0.1) is 0 Å². The molecule has 18 heavy (non-hydrogen) atoms. The molecular weight excluding hydrogens is 228 g/mol. The number of rotatable bonds is 4. The number of nitrogens with zero attached hydrogens (tertiary/aromatic N) is 4. The maximum atomic E-state index is 9.08. The first kappa shape index (κ1) is 13.4. The fraction of sp³-hybridized carbons (Fsp3) is 0.692. The zero-order valence-corrected chi connectivity index (χ0v) is 11.2. The van der Waals surface area contributed by atoms with E-state index in [1.807, 2.05) is 19.3 Å². The van der Waals surface area contributed by atoms with E-state index in [0.717, 1.165) is 44.0 Å². The maximum absolute atomic E-state index is 9.08. The van der Waals surface area contributed by atoms with Crippen LogP contribution < -0.4 is 0 Å². The van der Waals surface area contributed by atoms with Crippen LogP contribution in [0.2, 0.25) is 0 Å². The van der Waals surface area contributed by atoms with Gasteiger partial charge in [0.1, 0.15) is 5.82 Å². The Balaban J connectivity index is 1.91. The van der Waals surface area contributed by atoms with Crippen molar-refractivity contribution < 1.29 is 5.11 Å². The molecule has 5 heteroatoms. The molecule has 1 aromatic rings. The lowest BCUT2D eigenvalue weighted by Crippen LogP contribution is -2.51. The van der Waals surface area contributed by atoms with Crippen LogP contribution in [0.4, 0.5) is 0 Å². The van der Waals surface area contributed by atoms with E-state index < -0.39 is 0 Å². The summed E-state index contributed by atoms with van der Waals surface area (Å²) >= 11 is 0. The molecule has 2 heterocycles.